The predicted molar refractivity (Wildman–Crippen MR) is 133 cm³/mol. The number of rotatable bonds is 9. The molecule has 0 fully saturated rings. The van der Waals surface area contributed by atoms with Crippen LogP contribution in [-0.4, -0.2) is 30.1 Å². The van der Waals surface area contributed by atoms with E-state index < -0.39 is 22.8 Å². The fraction of sp³-hybridized carbons (Fsp3) is 0.185. The fourth-order valence-electron chi connectivity index (χ4n) is 3.72. The summed E-state index contributed by atoms with van der Waals surface area (Å²) in [5.41, 5.74) is 2.95. The molecule has 1 atom stereocenters. The van der Waals surface area contributed by atoms with Gasteiger partial charge in [0.2, 0.25) is 0 Å². The van der Waals surface area contributed by atoms with Crippen LogP contribution in [-0.2, 0) is 19.1 Å². The number of allylic oxidation sites excluding steroid dienone is 2. The molecule has 3 rings (SSSR count). The summed E-state index contributed by atoms with van der Waals surface area (Å²) >= 11 is 0. The number of non-ortho nitro benzene ring substituents is 1. The summed E-state index contributed by atoms with van der Waals surface area (Å²) in [6, 6.07) is 15.2. The Labute approximate surface area is 203 Å². The molecule has 0 spiro atoms. The highest BCUT2D eigenvalue weighted by Crippen LogP contribution is 2.36. The van der Waals surface area contributed by atoms with Crippen LogP contribution in [0.3, 0.4) is 0 Å². The predicted octanol–water partition coefficient (Wildman–Crippen LogP) is 4.81. The number of carbonyl (C=O) groups is 2. The van der Waals surface area contributed by atoms with Gasteiger partial charge >= 0.3 is 11.9 Å². The second kappa shape index (κ2) is 11.6. The fourth-order valence-corrected chi connectivity index (χ4v) is 3.72. The number of benzene rings is 2. The van der Waals surface area contributed by atoms with Crippen molar-refractivity contribution in [2.24, 2.45) is 5.92 Å². The highest BCUT2D eigenvalue weighted by atomic mass is 16.6. The Morgan fingerprint density at radius 1 is 1.06 bits per heavy atom. The number of dihydropyridines is 1. The molecule has 0 saturated carbocycles. The molecule has 0 aliphatic carbocycles. The second-order valence-electron chi connectivity index (χ2n) is 7.61. The first-order chi connectivity index (χ1) is 16.9. The van der Waals surface area contributed by atoms with E-state index in [0.29, 0.717) is 17.0 Å². The normalized spacial score (nSPS) is 15.5. The van der Waals surface area contributed by atoms with E-state index >= 15 is 0 Å². The van der Waals surface area contributed by atoms with E-state index in [-0.39, 0.29) is 30.0 Å². The maximum atomic E-state index is 13.2. The SMILES string of the molecule is C=CCOC(=O)C1=C(C)NC(c2ccccc2)=C(C(=O)OCC)C1/C=C/c1ccc([N+](=O)[O-])cc1. The minimum atomic E-state index is -0.794. The van der Waals surface area contributed by atoms with Gasteiger partial charge in [0.25, 0.3) is 5.69 Å². The minimum absolute atomic E-state index is 0.0123. The molecule has 8 nitrogen and oxygen atoms in total. The molecule has 8 heteroatoms. The minimum Gasteiger partial charge on any atom is -0.463 e. The maximum Gasteiger partial charge on any atom is 0.337 e. The molecule has 0 amide bonds. The van der Waals surface area contributed by atoms with Crippen LogP contribution in [0.1, 0.15) is 25.0 Å². The van der Waals surface area contributed by atoms with Crippen molar-refractivity contribution in [1.29, 1.82) is 0 Å². The average molecular weight is 475 g/mol. The third kappa shape index (κ3) is 5.92. The van der Waals surface area contributed by atoms with Crippen molar-refractivity contribution in [2.45, 2.75) is 13.8 Å². The van der Waals surface area contributed by atoms with Gasteiger partial charge in [-0.25, -0.2) is 9.59 Å². The molecule has 1 aliphatic heterocycles. The molecular formula is C27H26N2O6. The molecule has 0 bridgehead atoms. The average Bonchev–Trinajstić information content (AvgIpc) is 2.86. The van der Waals surface area contributed by atoms with Crippen molar-refractivity contribution in [3.63, 3.8) is 0 Å². The lowest BCUT2D eigenvalue weighted by atomic mass is 9.83. The third-order valence-electron chi connectivity index (χ3n) is 5.30. The third-order valence-corrected chi connectivity index (χ3v) is 5.30. The summed E-state index contributed by atoms with van der Waals surface area (Å²) in [5, 5.41) is 14.2. The topological polar surface area (TPSA) is 108 Å². The molecule has 1 unspecified atom stereocenters. The number of hydrogen-bond donors (Lipinski definition) is 1. The van der Waals surface area contributed by atoms with Crippen molar-refractivity contribution in [2.75, 3.05) is 13.2 Å². The monoisotopic (exact) mass is 474 g/mol. The van der Waals surface area contributed by atoms with Gasteiger partial charge in [-0.2, -0.15) is 0 Å². The lowest BCUT2D eigenvalue weighted by Gasteiger charge is -2.30. The van der Waals surface area contributed by atoms with Gasteiger partial charge in [0.15, 0.2) is 0 Å². The Hall–Kier alpha value is -4.46. The number of carbonyl (C=O) groups excluding carboxylic acids is 2. The molecule has 0 saturated heterocycles. The standard InChI is InChI=1S/C27H26N2O6/c1-4-17-35-26(30)23-18(3)28-25(20-9-7-6-8-10-20)24(27(31)34-5-2)22(23)16-13-19-11-14-21(15-12-19)29(32)33/h4,6-16,22,28H,1,5,17H2,2-3H3/b16-13+. The Bertz CT molecular complexity index is 1210. The van der Waals surface area contributed by atoms with Crippen molar-refractivity contribution in [3.05, 3.63) is 111 Å². The van der Waals surface area contributed by atoms with E-state index in [2.05, 4.69) is 11.9 Å². The van der Waals surface area contributed by atoms with Gasteiger partial charge in [0.1, 0.15) is 6.61 Å². The zero-order valence-corrected chi connectivity index (χ0v) is 19.5. The first-order valence-electron chi connectivity index (χ1n) is 11.0. The summed E-state index contributed by atoms with van der Waals surface area (Å²) in [5.74, 6) is -1.96. The van der Waals surface area contributed by atoms with Gasteiger partial charge < -0.3 is 14.8 Å². The van der Waals surface area contributed by atoms with Crippen LogP contribution >= 0.6 is 0 Å². The van der Waals surface area contributed by atoms with Gasteiger partial charge in [-0.15, -0.1) is 0 Å². The smallest absolute Gasteiger partial charge is 0.337 e. The Kier molecular flexibility index (Phi) is 8.34. The molecule has 1 heterocycles. The van der Waals surface area contributed by atoms with Gasteiger partial charge in [0, 0.05) is 23.7 Å². The van der Waals surface area contributed by atoms with E-state index in [0.717, 1.165) is 5.56 Å². The number of esters is 2. The summed E-state index contributed by atoms with van der Waals surface area (Å²) in [7, 11) is 0. The van der Waals surface area contributed by atoms with Crippen molar-refractivity contribution >= 4 is 29.4 Å². The van der Waals surface area contributed by atoms with Crippen LogP contribution in [0.4, 0.5) is 5.69 Å². The van der Waals surface area contributed by atoms with Gasteiger partial charge in [-0.05, 0) is 37.1 Å². The van der Waals surface area contributed by atoms with Crippen LogP contribution < -0.4 is 5.32 Å². The molecule has 35 heavy (non-hydrogen) atoms. The summed E-state index contributed by atoms with van der Waals surface area (Å²) in [4.78, 5) is 36.7. The highest BCUT2D eigenvalue weighted by molar-refractivity contribution is 6.04. The number of nitrogens with one attached hydrogen (secondary N) is 1. The summed E-state index contributed by atoms with van der Waals surface area (Å²) in [6.45, 7) is 7.19. The molecule has 0 aromatic heterocycles. The summed E-state index contributed by atoms with van der Waals surface area (Å²) < 4.78 is 10.7. The van der Waals surface area contributed by atoms with Crippen LogP contribution in [0.5, 0.6) is 0 Å². The quantitative estimate of drug-likeness (QED) is 0.241. The van der Waals surface area contributed by atoms with Crippen LogP contribution in [0, 0.1) is 16.0 Å². The molecule has 180 valence electrons. The van der Waals surface area contributed by atoms with E-state index in [1.807, 2.05) is 30.3 Å². The number of nitro benzene ring substituents is 1. The van der Waals surface area contributed by atoms with Gasteiger partial charge in [-0.1, -0.05) is 55.1 Å². The van der Waals surface area contributed by atoms with Crippen molar-refractivity contribution in [1.82, 2.24) is 5.32 Å². The van der Waals surface area contributed by atoms with Crippen LogP contribution in [0.25, 0.3) is 11.8 Å². The largest absolute Gasteiger partial charge is 0.463 e. The van der Waals surface area contributed by atoms with E-state index in [1.165, 1.54) is 18.2 Å². The molecular weight excluding hydrogens is 448 g/mol. The molecule has 1 N–H and O–H groups in total. The lowest BCUT2D eigenvalue weighted by Crippen LogP contribution is -2.33. The Morgan fingerprint density at radius 2 is 1.71 bits per heavy atom. The van der Waals surface area contributed by atoms with Crippen LogP contribution in [0.15, 0.2) is 90.2 Å². The van der Waals surface area contributed by atoms with Gasteiger partial charge in [0.05, 0.1) is 28.4 Å². The van der Waals surface area contributed by atoms with E-state index in [4.69, 9.17) is 9.47 Å². The number of ether oxygens (including phenoxy) is 2. The number of nitrogens with zero attached hydrogens (tertiary/aromatic N) is 1. The second-order valence-corrected chi connectivity index (χ2v) is 7.61. The Balaban J connectivity index is 2.15. The Morgan fingerprint density at radius 3 is 2.31 bits per heavy atom. The number of nitro groups is 1. The molecule has 0 radical (unpaired) electrons. The van der Waals surface area contributed by atoms with E-state index in [1.54, 1.807) is 38.1 Å². The first-order valence-corrected chi connectivity index (χ1v) is 11.0. The van der Waals surface area contributed by atoms with E-state index in [9.17, 15) is 19.7 Å². The summed E-state index contributed by atoms with van der Waals surface area (Å²) in [6.07, 6.45) is 4.87. The first kappa shape index (κ1) is 25.2. The lowest BCUT2D eigenvalue weighted by molar-refractivity contribution is -0.384. The zero-order chi connectivity index (χ0) is 25.4. The molecule has 1 aliphatic rings. The molecule has 2 aromatic rings. The van der Waals surface area contributed by atoms with Crippen molar-refractivity contribution < 1.29 is 24.0 Å². The van der Waals surface area contributed by atoms with Gasteiger partial charge in [-0.3, -0.25) is 10.1 Å². The maximum absolute atomic E-state index is 13.2. The highest BCUT2D eigenvalue weighted by Gasteiger charge is 2.37. The van der Waals surface area contributed by atoms with Crippen molar-refractivity contribution in [3.8, 4) is 0 Å². The zero-order valence-electron chi connectivity index (χ0n) is 19.5. The molecule has 2 aromatic carbocycles. The van der Waals surface area contributed by atoms with Crippen LogP contribution in [0.2, 0.25) is 0 Å². The number of hydrogen-bond acceptors (Lipinski definition) is 7.